The van der Waals surface area contributed by atoms with Gasteiger partial charge in [0.15, 0.2) is 0 Å². The molecular formula is C17H25NO2. The molecule has 1 rings (SSSR count). The highest BCUT2D eigenvalue weighted by molar-refractivity contribution is 5.35. The van der Waals surface area contributed by atoms with Crippen molar-refractivity contribution >= 4 is 0 Å². The number of terminal acetylenes is 1. The van der Waals surface area contributed by atoms with Crippen LogP contribution in [0, 0.1) is 26.2 Å². The lowest BCUT2D eigenvalue weighted by Crippen LogP contribution is -2.37. The van der Waals surface area contributed by atoms with Crippen LogP contribution < -0.4 is 10.1 Å². The van der Waals surface area contributed by atoms with Gasteiger partial charge in [0.1, 0.15) is 18.5 Å². The van der Waals surface area contributed by atoms with Gasteiger partial charge < -0.3 is 15.2 Å². The van der Waals surface area contributed by atoms with Crippen LogP contribution in [-0.2, 0) is 0 Å². The van der Waals surface area contributed by atoms with Gasteiger partial charge in [-0.25, -0.2) is 0 Å². The largest absolute Gasteiger partial charge is 0.491 e. The summed E-state index contributed by atoms with van der Waals surface area (Å²) in [6.07, 6.45) is 6.80. The Balaban J connectivity index is 2.38. The Bertz CT molecular complexity index is 451. The number of aryl methyl sites for hydroxylation is 2. The molecule has 20 heavy (non-hydrogen) atoms. The molecule has 2 atom stereocenters. The fourth-order valence-electron chi connectivity index (χ4n) is 1.92. The molecule has 0 aliphatic heterocycles. The predicted octanol–water partition coefficient (Wildman–Crippen LogP) is 2.43. The van der Waals surface area contributed by atoms with Crippen molar-refractivity contribution in [3.8, 4) is 18.1 Å². The first-order valence-corrected chi connectivity index (χ1v) is 7.14. The number of benzene rings is 1. The van der Waals surface area contributed by atoms with Gasteiger partial charge in [0.2, 0.25) is 0 Å². The molecular weight excluding hydrogens is 250 g/mol. The van der Waals surface area contributed by atoms with Crippen LogP contribution >= 0.6 is 0 Å². The second-order valence-corrected chi connectivity index (χ2v) is 5.15. The van der Waals surface area contributed by atoms with Crippen molar-refractivity contribution in [1.29, 1.82) is 0 Å². The van der Waals surface area contributed by atoms with E-state index in [0.29, 0.717) is 6.54 Å². The minimum Gasteiger partial charge on any atom is -0.491 e. The number of rotatable bonds is 8. The zero-order valence-electron chi connectivity index (χ0n) is 12.6. The Hall–Kier alpha value is -1.50. The average molecular weight is 275 g/mol. The van der Waals surface area contributed by atoms with Crippen LogP contribution in [0.4, 0.5) is 0 Å². The SMILES string of the molecule is C#CC(CCC)NCC(O)COc1cc(C)ccc1C. The molecule has 0 radical (unpaired) electrons. The molecule has 0 heterocycles. The lowest BCUT2D eigenvalue weighted by atomic mass is 10.1. The van der Waals surface area contributed by atoms with Crippen molar-refractivity contribution in [2.45, 2.75) is 45.8 Å². The zero-order valence-corrected chi connectivity index (χ0v) is 12.6. The lowest BCUT2D eigenvalue weighted by molar-refractivity contribution is 0.104. The molecule has 3 nitrogen and oxygen atoms in total. The highest BCUT2D eigenvalue weighted by Crippen LogP contribution is 2.19. The second-order valence-electron chi connectivity index (χ2n) is 5.15. The van der Waals surface area contributed by atoms with E-state index in [-0.39, 0.29) is 12.6 Å². The van der Waals surface area contributed by atoms with E-state index in [0.717, 1.165) is 29.7 Å². The third-order valence-corrected chi connectivity index (χ3v) is 3.15. The summed E-state index contributed by atoms with van der Waals surface area (Å²) in [6.45, 7) is 6.81. The molecule has 0 spiro atoms. The number of hydrogen-bond donors (Lipinski definition) is 2. The van der Waals surface area contributed by atoms with Crippen molar-refractivity contribution in [3.05, 3.63) is 29.3 Å². The Labute approximate surface area is 122 Å². The predicted molar refractivity (Wildman–Crippen MR) is 82.9 cm³/mol. The van der Waals surface area contributed by atoms with Crippen LogP contribution in [0.15, 0.2) is 18.2 Å². The van der Waals surface area contributed by atoms with Crippen LogP contribution in [0.5, 0.6) is 5.75 Å². The van der Waals surface area contributed by atoms with Gasteiger partial charge in [-0.1, -0.05) is 31.4 Å². The summed E-state index contributed by atoms with van der Waals surface area (Å²) in [6, 6.07) is 6.07. The zero-order chi connectivity index (χ0) is 15.0. The maximum Gasteiger partial charge on any atom is 0.122 e. The Kier molecular flexibility index (Phi) is 7.14. The summed E-state index contributed by atoms with van der Waals surface area (Å²) in [4.78, 5) is 0. The van der Waals surface area contributed by atoms with E-state index < -0.39 is 6.10 Å². The summed E-state index contributed by atoms with van der Waals surface area (Å²) in [5.41, 5.74) is 2.22. The van der Waals surface area contributed by atoms with Gasteiger partial charge in [-0.15, -0.1) is 6.42 Å². The third-order valence-electron chi connectivity index (χ3n) is 3.15. The number of hydrogen-bond acceptors (Lipinski definition) is 3. The molecule has 0 aromatic heterocycles. The molecule has 2 unspecified atom stereocenters. The number of aliphatic hydroxyl groups excluding tert-OH is 1. The van der Waals surface area contributed by atoms with Gasteiger partial charge in [0.05, 0.1) is 6.04 Å². The maximum absolute atomic E-state index is 9.93. The standard InChI is InChI=1S/C17H25NO2/c1-5-7-15(6-2)18-11-16(19)12-20-17-10-13(3)8-9-14(17)4/h2,8-10,15-16,18-19H,5,7,11-12H2,1,3-4H3. The molecule has 0 fully saturated rings. The van der Waals surface area contributed by atoms with Crippen molar-refractivity contribution in [3.63, 3.8) is 0 Å². The number of ether oxygens (including phenoxy) is 1. The fourth-order valence-corrected chi connectivity index (χ4v) is 1.92. The number of aliphatic hydroxyl groups is 1. The summed E-state index contributed by atoms with van der Waals surface area (Å²) in [5, 5.41) is 13.1. The third kappa shape index (κ3) is 5.64. The number of nitrogens with one attached hydrogen (secondary N) is 1. The van der Waals surface area contributed by atoms with E-state index in [1.807, 2.05) is 32.0 Å². The van der Waals surface area contributed by atoms with E-state index in [2.05, 4.69) is 18.2 Å². The summed E-state index contributed by atoms with van der Waals surface area (Å²) >= 11 is 0. The van der Waals surface area contributed by atoms with E-state index >= 15 is 0 Å². The highest BCUT2D eigenvalue weighted by atomic mass is 16.5. The first-order chi connectivity index (χ1) is 9.56. The van der Waals surface area contributed by atoms with Crippen LogP contribution in [0.3, 0.4) is 0 Å². The minimum absolute atomic E-state index is 0.0235. The Morgan fingerprint density at radius 1 is 1.40 bits per heavy atom. The van der Waals surface area contributed by atoms with Crippen molar-refractivity contribution < 1.29 is 9.84 Å². The molecule has 110 valence electrons. The molecule has 2 N–H and O–H groups in total. The minimum atomic E-state index is -0.567. The fraction of sp³-hybridized carbons (Fsp3) is 0.529. The highest BCUT2D eigenvalue weighted by Gasteiger charge is 2.09. The summed E-state index contributed by atoms with van der Waals surface area (Å²) < 4.78 is 5.66. The molecule has 0 amide bonds. The van der Waals surface area contributed by atoms with Crippen molar-refractivity contribution in [1.82, 2.24) is 5.32 Å². The summed E-state index contributed by atoms with van der Waals surface area (Å²) in [5.74, 6) is 3.51. The molecule has 1 aromatic rings. The second kappa shape index (κ2) is 8.63. The van der Waals surface area contributed by atoms with Crippen LogP contribution in [-0.4, -0.2) is 30.4 Å². The van der Waals surface area contributed by atoms with Crippen LogP contribution in [0.1, 0.15) is 30.9 Å². The summed E-state index contributed by atoms with van der Waals surface area (Å²) in [7, 11) is 0. The molecule has 0 saturated carbocycles. The lowest BCUT2D eigenvalue weighted by Gasteiger charge is -2.17. The van der Waals surface area contributed by atoms with Gasteiger partial charge >= 0.3 is 0 Å². The Morgan fingerprint density at radius 2 is 2.15 bits per heavy atom. The quantitative estimate of drug-likeness (QED) is 0.716. The van der Waals surface area contributed by atoms with E-state index in [1.165, 1.54) is 0 Å². The molecule has 1 aromatic carbocycles. The average Bonchev–Trinajstić information content (AvgIpc) is 2.44. The monoisotopic (exact) mass is 275 g/mol. The normalized spacial score (nSPS) is 13.6. The van der Waals surface area contributed by atoms with Gasteiger partial charge in [-0.3, -0.25) is 0 Å². The van der Waals surface area contributed by atoms with E-state index in [4.69, 9.17) is 11.2 Å². The molecule has 0 aliphatic carbocycles. The maximum atomic E-state index is 9.93. The van der Waals surface area contributed by atoms with E-state index in [1.54, 1.807) is 0 Å². The van der Waals surface area contributed by atoms with Gasteiger partial charge in [-0.2, -0.15) is 0 Å². The first-order valence-electron chi connectivity index (χ1n) is 7.14. The molecule has 0 bridgehead atoms. The van der Waals surface area contributed by atoms with Gasteiger partial charge in [-0.05, 0) is 37.5 Å². The van der Waals surface area contributed by atoms with Gasteiger partial charge in [0.25, 0.3) is 0 Å². The van der Waals surface area contributed by atoms with Crippen molar-refractivity contribution in [2.75, 3.05) is 13.2 Å². The molecule has 0 saturated heterocycles. The van der Waals surface area contributed by atoms with Crippen LogP contribution in [0.25, 0.3) is 0 Å². The van der Waals surface area contributed by atoms with Gasteiger partial charge in [0, 0.05) is 6.54 Å². The Morgan fingerprint density at radius 3 is 2.80 bits per heavy atom. The molecule has 0 aliphatic rings. The van der Waals surface area contributed by atoms with Crippen molar-refractivity contribution in [2.24, 2.45) is 0 Å². The van der Waals surface area contributed by atoms with E-state index in [9.17, 15) is 5.11 Å². The first kappa shape index (κ1) is 16.6. The topological polar surface area (TPSA) is 41.5 Å². The molecule has 3 heteroatoms. The van der Waals surface area contributed by atoms with Crippen LogP contribution in [0.2, 0.25) is 0 Å². The smallest absolute Gasteiger partial charge is 0.122 e.